The third-order valence-corrected chi connectivity index (χ3v) is 3.08. The molecular weight excluding hydrogens is 240 g/mol. The lowest BCUT2D eigenvalue weighted by Crippen LogP contribution is -2.00. The summed E-state index contributed by atoms with van der Waals surface area (Å²) >= 11 is 1.50. The van der Waals surface area contributed by atoms with Crippen molar-refractivity contribution in [2.45, 2.75) is 0 Å². The third kappa shape index (κ3) is 1.56. The van der Waals surface area contributed by atoms with Crippen LogP contribution in [0.5, 0.6) is 0 Å². The summed E-state index contributed by atoms with van der Waals surface area (Å²) in [7, 11) is 0. The Morgan fingerprint density at radius 1 is 1.41 bits per heavy atom. The molecule has 0 saturated carbocycles. The molecule has 0 amide bonds. The Hall–Kier alpha value is -2.28. The summed E-state index contributed by atoms with van der Waals surface area (Å²) in [6.45, 7) is 0. The molecule has 7 heteroatoms. The van der Waals surface area contributed by atoms with Gasteiger partial charge in [-0.15, -0.1) is 16.4 Å². The zero-order chi connectivity index (χ0) is 11.8. The van der Waals surface area contributed by atoms with Crippen LogP contribution in [0, 0.1) is 0 Å². The van der Waals surface area contributed by atoms with Crippen LogP contribution in [0.1, 0.15) is 10.4 Å². The van der Waals surface area contributed by atoms with Gasteiger partial charge < -0.3 is 5.11 Å². The molecule has 0 aliphatic rings. The number of nitrogens with zero attached hydrogens (tertiary/aromatic N) is 4. The molecule has 3 aromatic heterocycles. The lowest BCUT2D eigenvalue weighted by Gasteiger charge is -1.98. The van der Waals surface area contributed by atoms with Crippen LogP contribution in [0.4, 0.5) is 0 Å². The standard InChI is InChI=1S/C10H6N4O2S/c15-9(16)6-3-7(13-12-4-6)8-5-11-10-14(8)1-2-17-10/h1-5H,(H,15,16). The Morgan fingerprint density at radius 2 is 2.29 bits per heavy atom. The normalized spacial score (nSPS) is 10.8. The average Bonchev–Trinajstić information content (AvgIpc) is 2.90. The summed E-state index contributed by atoms with van der Waals surface area (Å²) in [5.74, 6) is -1.02. The van der Waals surface area contributed by atoms with Crippen molar-refractivity contribution in [2.75, 3.05) is 0 Å². The van der Waals surface area contributed by atoms with Crippen LogP contribution in [0.15, 0.2) is 30.0 Å². The van der Waals surface area contributed by atoms with Gasteiger partial charge in [-0.2, -0.15) is 5.10 Å². The highest BCUT2D eigenvalue weighted by Crippen LogP contribution is 2.21. The van der Waals surface area contributed by atoms with Crippen LogP contribution in [-0.4, -0.2) is 30.7 Å². The largest absolute Gasteiger partial charge is 0.478 e. The number of aromatic carboxylic acids is 1. The number of hydrogen-bond acceptors (Lipinski definition) is 5. The maximum atomic E-state index is 10.8. The first-order chi connectivity index (χ1) is 8.25. The Balaban J connectivity index is 2.19. The van der Waals surface area contributed by atoms with E-state index in [4.69, 9.17) is 5.11 Å². The fraction of sp³-hybridized carbons (Fsp3) is 0. The van der Waals surface area contributed by atoms with Crippen LogP contribution in [0.3, 0.4) is 0 Å². The smallest absolute Gasteiger partial charge is 0.337 e. The first kappa shape index (κ1) is 9.91. The van der Waals surface area contributed by atoms with Gasteiger partial charge in [-0.1, -0.05) is 0 Å². The van der Waals surface area contributed by atoms with Crippen molar-refractivity contribution in [1.29, 1.82) is 0 Å². The van der Waals surface area contributed by atoms with Gasteiger partial charge in [0.25, 0.3) is 0 Å². The van der Waals surface area contributed by atoms with Crippen molar-refractivity contribution in [3.05, 3.63) is 35.6 Å². The number of thiazole rings is 1. The molecule has 0 aliphatic heterocycles. The van der Waals surface area contributed by atoms with Gasteiger partial charge in [0.15, 0.2) is 4.96 Å². The molecule has 0 aliphatic carbocycles. The van der Waals surface area contributed by atoms with Crippen LogP contribution in [0.25, 0.3) is 16.3 Å². The Kier molecular flexibility index (Phi) is 2.12. The molecule has 0 unspecified atom stereocenters. The minimum atomic E-state index is -1.02. The van der Waals surface area contributed by atoms with E-state index in [1.807, 2.05) is 16.0 Å². The highest BCUT2D eigenvalue weighted by molar-refractivity contribution is 7.15. The predicted octanol–water partition coefficient (Wildman–Crippen LogP) is 1.55. The molecule has 3 heterocycles. The highest BCUT2D eigenvalue weighted by Gasteiger charge is 2.11. The summed E-state index contributed by atoms with van der Waals surface area (Å²) in [4.78, 5) is 15.9. The lowest BCUT2D eigenvalue weighted by molar-refractivity contribution is 0.0696. The molecule has 6 nitrogen and oxygen atoms in total. The van der Waals surface area contributed by atoms with E-state index in [1.165, 1.54) is 23.6 Å². The van der Waals surface area contributed by atoms with Gasteiger partial charge in [0, 0.05) is 11.6 Å². The summed E-state index contributed by atoms with van der Waals surface area (Å²) in [6.07, 6.45) is 4.73. The molecule has 0 fully saturated rings. The van der Waals surface area contributed by atoms with Crippen molar-refractivity contribution >= 4 is 22.3 Å². The van der Waals surface area contributed by atoms with Crippen molar-refractivity contribution in [2.24, 2.45) is 0 Å². The predicted molar refractivity (Wildman–Crippen MR) is 61.1 cm³/mol. The van der Waals surface area contributed by atoms with Gasteiger partial charge in [-0.3, -0.25) is 4.40 Å². The van der Waals surface area contributed by atoms with E-state index in [0.29, 0.717) is 5.69 Å². The maximum Gasteiger partial charge on any atom is 0.337 e. The van der Waals surface area contributed by atoms with E-state index in [-0.39, 0.29) is 5.56 Å². The number of fused-ring (bicyclic) bond motifs is 1. The third-order valence-electron chi connectivity index (χ3n) is 2.31. The monoisotopic (exact) mass is 246 g/mol. The second-order valence-electron chi connectivity index (χ2n) is 3.33. The average molecular weight is 246 g/mol. The zero-order valence-electron chi connectivity index (χ0n) is 8.44. The lowest BCUT2D eigenvalue weighted by atomic mass is 10.2. The van der Waals surface area contributed by atoms with Crippen LogP contribution in [-0.2, 0) is 0 Å². The van der Waals surface area contributed by atoms with Gasteiger partial charge in [0.2, 0.25) is 0 Å². The Morgan fingerprint density at radius 3 is 3.12 bits per heavy atom. The molecule has 0 radical (unpaired) electrons. The van der Waals surface area contributed by atoms with Gasteiger partial charge in [0.05, 0.1) is 23.7 Å². The molecular formula is C10H6N4O2S. The highest BCUT2D eigenvalue weighted by atomic mass is 32.1. The van der Waals surface area contributed by atoms with Crippen molar-refractivity contribution in [3.8, 4) is 11.4 Å². The van der Waals surface area contributed by atoms with Gasteiger partial charge in [-0.25, -0.2) is 9.78 Å². The molecule has 0 saturated heterocycles. The molecule has 17 heavy (non-hydrogen) atoms. The minimum absolute atomic E-state index is 0.111. The molecule has 1 N–H and O–H groups in total. The van der Waals surface area contributed by atoms with E-state index >= 15 is 0 Å². The number of carbonyl (C=O) groups is 1. The summed E-state index contributed by atoms with van der Waals surface area (Å²) in [6, 6.07) is 1.48. The Bertz CT molecular complexity index is 703. The van der Waals surface area contributed by atoms with E-state index in [1.54, 1.807) is 6.20 Å². The maximum absolute atomic E-state index is 10.8. The molecule has 0 bridgehead atoms. The van der Waals surface area contributed by atoms with Gasteiger partial charge in [0.1, 0.15) is 5.69 Å². The number of carboxylic acid groups (broad SMARTS) is 1. The Labute approximate surface area is 99.2 Å². The number of carboxylic acids is 1. The molecule has 0 aromatic carbocycles. The summed E-state index contributed by atoms with van der Waals surface area (Å²) < 4.78 is 1.85. The van der Waals surface area contributed by atoms with Gasteiger partial charge >= 0.3 is 5.97 Å². The van der Waals surface area contributed by atoms with E-state index in [0.717, 1.165) is 10.7 Å². The fourth-order valence-corrected chi connectivity index (χ4v) is 2.22. The SMILES string of the molecule is O=C(O)c1cnnc(-c2cnc3sccn23)c1. The van der Waals surface area contributed by atoms with E-state index in [9.17, 15) is 4.79 Å². The second kappa shape index (κ2) is 3.63. The van der Waals surface area contributed by atoms with Crippen molar-refractivity contribution in [3.63, 3.8) is 0 Å². The van der Waals surface area contributed by atoms with Gasteiger partial charge in [-0.05, 0) is 6.07 Å². The van der Waals surface area contributed by atoms with Crippen molar-refractivity contribution < 1.29 is 9.90 Å². The molecule has 3 aromatic rings. The van der Waals surface area contributed by atoms with Crippen LogP contribution >= 0.6 is 11.3 Å². The van der Waals surface area contributed by atoms with Crippen LogP contribution < -0.4 is 0 Å². The first-order valence-corrected chi connectivity index (χ1v) is 5.60. The molecule has 0 spiro atoms. The summed E-state index contributed by atoms with van der Waals surface area (Å²) in [5.41, 5.74) is 1.34. The van der Waals surface area contributed by atoms with E-state index in [2.05, 4.69) is 15.2 Å². The first-order valence-electron chi connectivity index (χ1n) is 4.72. The minimum Gasteiger partial charge on any atom is -0.478 e. The quantitative estimate of drug-likeness (QED) is 0.742. The second-order valence-corrected chi connectivity index (χ2v) is 4.21. The van der Waals surface area contributed by atoms with Crippen molar-refractivity contribution in [1.82, 2.24) is 19.6 Å². The number of rotatable bonds is 2. The number of hydrogen-bond donors (Lipinski definition) is 1. The molecule has 0 atom stereocenters. The molecule has 3 rings (SSSR count). The molecule has 84 valence electrons. The zero-order valence-corrected chi connectivity index (χ0v) is 9.26. The van der Waals surface area contributed by atoms with Crippen LogP contribution in [0.2, 0.25) is 0 Å². The number of imidazole rings is 1. The topological polar surface area (TPSA) is 80.4 Å². The number of aromatic nitrogens is 4. The van der Waals surface area contributed by atoms with E-state index < -0.39 is 5.97 Å². The fourth-order valence-electron chi connectivity index (χ4n) is 1.53. The summed E-state index contributed by atoms with van der Waals surface area (Å²) in [5, 5.41) is 18.4.